The molecule has 1 rings (SSSR count). The average Bonchev–Trinajstić information content (AvgIpc) is 1.98. The van der Waals surface area contributed by atoms with E-state index in [1.54, 1.807) is 0 Å². The second kappa shape index (κ2) is 2.16. The van der Waals surface area contributed by atoms with E-state index < -0.39 is 7.77 Å². The van der Waals surface area contributed by atoms with Gasteiger partial charge in [0.05, 0.1) is 5.29 Å². The zero-order valence-electron chi connectivity index (χ0n) is 5.35. The van der Waals surface area contributed by atoms with Gasteiger partial charge < -0.3 is 4.89 Å². The molecule has 0 aromatic heterocycles. The van der Waals surface area contributed by atoms with Crippen LogP contribution < -0.4 is 4.89 Å². The largest absolute Gasteiger partial charge is 0.631 e. The molecule has 0 fully saturated rings. The lowest BCUT2D eigenvalue weighted by Gasteiger charge is -1.94. The minimum Gasteiger partial charge on any atom is -0.631 e. The van der Waals surface area contributed by atoms with E-state index >= 15 is 0 Å². The minimum absolute atomic E-state index is 0.624. The maximum atomic E-state index is 10.9. The zero-order valence-corrected chi connectivity index (χ0v) is 6.24. The molecule has 0 aromatic rings. The normalized spacial score (nSPS) is 34.1. The van der Waals surface area contributed by atoms with Crippen LogP contribution in [0.5, 0.6) is 0 Å². The van der Waals surface area contributed by atoms with Crippen molar-refractivity contribution in [1.82, 2.24) is 0 Å². The van der Waals surface area contributed by atoms with Crippen molar-refractivity contribution in [2.75, 3.05) is 6.16 Å². The predicted molar refractivity (Wildman–Crippen MR) is 36.2 cm³/mol. The molecule has 2 heteroatoms. The van der Waals surface area contributed by atoms with Gasteiger partial charge in [-0.25, -0.2) is 0 Å². The third-order valence-electron chi connectivity index (χ3n) is 1.87. The van der Waals surface area contributed by atoms with Crippen molar-refractivity contribution in [3.63, 3.8) is 0 Å². The first-order chi connectivity index (χ1) is 3.72. The van der Waals surface area contributed by atoms with Crippen molar-refractivity contribution >= 4 is 13.1 Å². The second-order valence-corrected chi connectivity index (χ2v) is 4.34. The number of hydrogen-bond acceptors (Lipinski definition) is 1. The summed E-state index contributed by atoms with van der Waals surface area (Å²) in [4.78, 5) is 10.9. The highest BCUT2D eigenvalue weighted by molar-refractivity contribution is 7.52. The lowest BCUT2D eigenvalue weighted by molar-refractivity contribution is -0.152. The zero-order chi connectivity index (χ0) is 6.15. The van der Waals surface area contributed by atoms with Gasteiger partial charge in [0.1, 0.15) is 6.16 Å². The summed E-state index contributed by atoms with van der Waals surface area (Å²) in [7, 11) is -0.899. The van der Waals surface area contributed by atoms with Gasteiger partial charge in [-0.1, -0.05) is 6.92 Å². The molecule has 46 valence electrons. The third kappa shape index (κ3) is 0.936. The lowest BCUT2D eigenvalue weighted by atomic mass is 10.1. The molecule has 0 aromatic carbocycles. The van der Waals surface area contributed by atoms with E-state index in [1.807, 2.05) is 6.92 Å². The van der Waals surface area contributed by atoms with Gasteiger partial charge in [0.15, 0.2) is 0 Å². The average molecular weight is 130 g/mol. The van der Waals surface area contributed by atoms with E-state index in [2.05, 4.69) is 6.92 Å². The van der Waals surface area contributed by atoms with E-state index in [9.17, 15) is 4.89 Å². The molecule has 0 N–H and O–H groups in total. The van der Waals surface area contributed by atoms with Crippen molar-refractivity contribution < 1.29 is 4.89 Å². The summed E-state index contributed by atoms with van der Waals surface area (Å²) >= 11 is 0. The smallest absolute Gasteiger partial charge is 0.103 e. The lowest BCUT2D eigenvalue weighted by Crippen LogP contribution is -2.00. The molecular formula is C6H11OP. The van der Waals surface area contributed by atoms with E-state index in [1.165, 1.54) is 5.29 Å². The van der Waals surface area contributed by atoms with E-state index in [0.29, 0.717) is 5.92 Å². The summed E-state index contributed by atoms with van der Waals surface area (Å²) in [6.45, 7) is 4.16. The van der Waals surface area contributed by atoms with Crippen LogP contribution >= 0.6 is 7.77 Å². The summed E-state index contributed by atoms with van der Waals surface area (Å²) in [6, 6.07) is 0. The molecule has 8 heavy (non-hydrogen) atoms. The van der Waals surface area contributed by atoms with Gasteiger partial charge in [-0.3, -0.25) is 0 Å². The Labute approximate surface area is 51.2 Å². The first-order valence-electron chi connectivity index (χ1n) is 3.00. The van der Waals surface area contributed by atoms with Crippen LogP contribution in [-0.4, -0.2) is 11.5 Å². The number of rotatable bonds is 0. The van der Waals surface area contributed by atoms with Crippen molar-refractivity contribution in [3.05, 3.63) is 0 Å². The molecule has 2 unspecified atom stereocenters. The van der Waals surface area contributed by atoms with Crippen LogP contribution in [-0.2, 0) is 0 Å². The Morgan fingerprint density at radius 2 is 2.38 bits per heavy atom. The highest BCUT2D eigenvalue weighted by Gasteiger charge is 2.21. The Hall–Kier alpha value is 0.130. The first kappa shape index (κ1) is 6.25. The fourth-order valence-electron chi connectivity index (χ4n) is 0.942. The molecule has 2 atom stereocenters. The van der Waals surface area contributed by atoms with Gasteiger partial charge in [0.2, 0.25) is 0 Å². The van der Waals surface area contributed by atoms with Crippen LogP contribution in [0.25, 0.3) is 0 Å². The fraction of sp³-hybridized carbons (Fsp3) is 0.833. The molecule has 1 aliphatic heterocycles. The molecule has 1 heterocycles. The minimum atomic E-state index is -0.899. The molecule has 0 amide bonds. The Morgan fingerprint density at radius 3 is 2.50 bits per heavy atom. The Kier molecular flexibility index (Phi) is 1.69. The van der Waals surface area contributed by atoms with Gasteiger partial charge in [0, 0.05) is 13.7 Å². The van der Waals surface area contributed by atoms with Crippen molar-refractivity contribution in [2.45, 2.75) is 20.3 Å². The molecular weight excluding hydrogens is 119 g/mol. The molecule has 1 aliphatic rings. The molecule has 0 bridgehead atoms. The number of hydrogen-bond donors (Lipinski definition) is 0. The molecule has 0 aliphatic carbocycles. The second-order valence-electron chi connectivity index (χ2n) is 2.43. The van der Waals surface area contributed by atoms with Crippen LogP contribution in [0, 0.1) is 5.92 Å². The maximum absolute atomic E-state index is 10.9. The topological polar surface area (TPSA) is 23.1 Å². The maximum Gasteiger partial charge on any atom is 0.103 e. The standard InChI is InChI=1S/C6H11OP/c1-5-3-4-8(7)6(5)2/h5H,3-4H2,1-2H3. The van der Waals surface area contributed by atoms with Crippen LogP contribution in [0.2, 0.25) is 0 Å². The molecule has 0 spiro atoms. The fourth-order valence-corrected chi connectivity index (χ4v) is 2.54. The molecule has 0 radical (unpaired) electrons. The van der Waals surface area contributed by atoms with E-state index in [-0.39, 0.29) is 0 Å². The van der Waals surface area contributed by atoms with Crippen molar-refractivity contribution in [2.24, 2.45) is 5.92 Å². The summed E-state index contributed by atoms with van der Waals surface area (Å²) in [6.07, 6.45) is 2.07. The molecule has 0 saturated carbocycles. The van der Waals surface area contributed by atoms with Crippen LogP contribution in [0.15, 0.2) is 0 Å². The Balaban J connectivity index is 2.71. The summed E-state index contributed by atoms with van der Waals surface area (Å²) in [5.74, 6) is 0.624. The van der Waals surface area contributed by atoms with Gasteiger partial charge in [-0.2, -0.15) is 0 Å². The predicted octanol–water partition coefficient (Wildman–Crippen LogP) is 0.976. The Morgan fingerprint density at radius 1 is 1.75 bits per heavy atom. The Bertz CT molecular complexity index is 128. The van der Waals surface area contributed by atoms with Crippen LogP contribution in [0.1, 0.15) is 20.3 Å². The van der Waals surface area contributed by atoms with Gasteiger partial charge in [-0.15, -0.1) is 0 Å². The van der Waals surface area contributed by atoms with Crippen LogP contribution in [0.3, 0.4) is 0 Å². The molecule has 1 nitrogen and oxygen atoms in total. The van der Waals surface area contributed by atoms with E-state index in [0.717, 1.165) is 12.6 Å². The van der Waals surface area contributed by atoms with E-state index in [4.69, 9.17) is 0 Å². The van der Waals surface area contributed by atoms with Crippen molar-refractivity contribution in [3.8, 4) is 0 Å². The highest BCUT2D eigenvalue weighted by atomic mass is 31.1. The van der Waals surface area contributed by atoms with Gasteiger partial charge >= 0.3 is 0 Å². The summed E-state index contributed by atoms with van der Waals surface area (Å²) in [5.41, 5.74) is 0. The highest BCUT2D eigenvalue weighted by Crippen LogP contribution is 2.29. The third-order valence-corrected chi connectivity index (χ3v) is 3.76. The van der Waals surface area contributed by atoms with Crippen molar-refractivity contribution in [1.29, 1.82) is 0 Å². The first-order valence-corrected chi connectivity index (χ1v) is 4.44. The van der Waals surface area contributed by atoms with Gasteiger partial charge in [0.25, 0.3) is 0 Å². The monoisotopic (exact) mass is 130 g/mol. The SMILES string of the molecule is CC1=[P+]([O-])CCC1C. The molecule has 0 saturated heterocycles. The van der Waals surface area contributed by atoms with Gasteiger partial charge in [-0.05, 0) is 13.3 Å². The quantitative estimate of drug-likeness (QED) is 0.448. The summed E-state index contributed by atoms with van der Waals surface area (Å²) < 4.78 is 0. The summed E-state index contributed by atoms with van der Waals surface area (Å²) in [5, 5.41) is 1.22. The van der Waals surface area contributed by atoms with Crippen LogP contribution in [0.4, 0.5) is 0 Å².